The molecule has 0 saturated carbocycles. The number of benzene rings is 1. The monoisotopic (exact) mass is 348 g/mol. The lowest BCUT2D eigenvalue weighted by atomic mass is 10.2. The molecule has 1 aromatic carbocycles. The van der Waals surface area contributed by atoms with E-state index in [1.807, 2.05) is 0 Å². The fourth-order valence-electron chi connectivity index (χ4n) is 1.43. The molecular weight excluding hydrogens is 342 g/mol. The van der Waals surface area contributed by atoms with Crippen LogP contribution in [0.2, 0.25) is 0 Å². The van der Waals surface area contributed by atoms with Crippen LogP contribution in [-0.4, -0.2) is 18.1 Å². The fraction of sp³-hybridized carbons (Fsp3) is 0.0909. The van der Waals surface area contributed by atoms with Crippen LogP contribution in [0.5, 0.6) is 0 Å². The van der Waals surface area contributed by atoms with Gasteiger partial charge in [-0.1, -0.05) is 27.3 Å². The largest absolute Gasteiger partial charge is 0.464 e. The van der Waals surface area contributed by atoms with Gasteiger partial charge in [-0.25, -0.2) is 18.6 Å². The molecule has 0 atom stereocenters. The minimum absolute atomic E-state index is 0.0135. The molecule has 0 aliphatic carbocycles. The van der Waals surface area contributed by atoms with Crippen molar-refractivity contribution in [1.82, 2.24) is 4.98 Å². The van der Waals surface area contributed by atoms with E-state index in [0.717, 1.165) is 23.5 Å². The van der Waals surface area contributed by atoms with Gasteiger partial charge in [0.25, 0.3) is 0 Å². The number of nitrogen functional groups attached to an aromatic ring is 1. The molecule has 19 heavy (non-hydrogen) atoms. The Morgan fingerprint density at radius 2 is 2.00 bits per heavy atom. The second-order valence-electron chi connectivity index (χ2n) is 3.47. The molecule has 100 valence electrons. The Labute approximate surface area is 119 Å². The summed E-state index contributed by atoms with van der Waals surface area (Å²) in [6.07, 6.45) is 0. The van der Waals surface area contributed by atoms with E-state index in [4.69, 9.17) is 5.73 Å². The van der Waals surface area contributed by atoms with Crippen molar-refractivity contribution in [3.8, 4) is 10.6 Å². The van der Waals surface area contributed by atoms with Gasteiger partial charge in [0.15, 0.2) is 5.69 Å². The van der Waals surface area contributed by atoms with Gasteiger partial charge >= 0.3 is 5.97 Å². The van der Waals surface area contributed by atoms with Gasteiger partial charge in [-0.3, -0.25) is 0 Å². The number of nitrogens with zero attached hydrogens (tertiary/aromatic N) is 1. The molecule has 0 amide bonds. The standard InChI is InChI=1S/C11H7BrF2N2O2S/c1-18-11(17)8-9(15)19-10(16-8)7-5(13)2-4(12)3-6(7)14/h2-3H,15H2,1H3. The number of thiazole rings is 1. The molecular formula is C11H7BrF2N2O2S. The Kier molecular flexibility index (Phi) is 3.81. The summed E-state index contributed by atoms with van der Waals surface area (Å²) in [5.41, 5.74) is 5.11. The van der Waals surface area contributed by atoms with Crippen LogP contribution in [0.1, 0.15) is 10.5 Å². The number of nitrogens with two attached hydrogens (primary N) is 1. The Hall–Kier alpha value is -1.54. The lowest BCUT2D eigenvalue weighted by Crippen LogP contribution is -2.04. The zero-order valence-corrected chi connectivity index (χ0v) is 11.9. The number of hydrogen-bond acceptors (Lipinski definition) is 5. The summed E-state index contributed by atoms with van der Waals surface area (Å²) in [6.45, 7) is 0. The number of hydrogen-bond donors (Lipinski definition) is 1. The molecule has 4 nitrogen and oxygen atoms in total. The average molecular weight is 349 g/mol. The Bertz CT molecular complexity index is 637. The number of methoxy groups -OCH3 is 1. The summed E-state index contributed by atoms with van der Waals surface area (Å²) in [5, 5.41) is 0.0315. The number of carbonyl (C=O) groups excluding carboxylic acids is 1. The van der Waals surface area contributed by atoms with E-state index in [9.17, 15) is 13.6 Å². The van der Waals surface area contributed by atoms with E-state index in [1.54, 1.807) is 0 Å². The molecule has 1 aromatic heterocycles. The molecule has 0 aliphatic rings. The molecule has 0 aliphatic heterocycles. The van der Waals surface area contributed by atoms with Crippen molar-refractivity contribution in [3.63, 3.8) is 0 Å². The van der Waals surface area contributed by atoms with Crippen LogP contribution in [0.4, 0.5) is 13.8 Å². The summed E-state index contributed by atoms with van der Waals surface area (Å²) in [5.74, 6) is -2.34. The molecule has 0 fully saturated rings. The second-order valence-corrected chi connectivity index (χ2v) is 5.41. The first-order valence-corrected chi connectivity index (χ1v) is 6.54. The smallest absolute Gasteiger partial charge is 0.359 e. The van der Waals surface area contributed by atoms with Crippen LogP contribution < -0.4 is 5.73 Å². The average Bonchev–Trinajstić information content (AvgIpc) is 2.68. The van der Waals surface area contributed by atoms with Crippen molar-refractivity contribution < 1.29 is 18.3 Å². The third-order valence-corrected chi connectivity index (χ3v) is 3.61. The maximum absolute atomic E-state index is 13.8. The van der Waals surface area contributed by atoms with Gasteiger partial charge in [-0.2, -0.15) is 0 Å². The van der Waals surface area contributed by atoms with Crippen LogP contribution >= 0.6 is 27.3 Å². The lowest BCUT2D eigenvalue weighted by Gasteiger charge is -2.01. The van der Waals surface area contributed by atoms with Gasteiger partial charge < -0.3 is 10.5 Å². The third-order valence-electron chi connectivity index (χ3n) is 2.25. The summed E-state index contributed by atoms with van der Waals surface area (Å²) >= 11 is 3.79. The van der Waals surface area contributed by atoms with Crippen molar-refractivity contribution >= 4 is 38.2 Å². The zero-order chi connectivity index (χ0) is 14.2. The molecule has 2 aromatic rings. The normalized spacial score (nSPS) is 10.5. The van der Waals surface area contributed by atoms with Crippen LogP contribution in [0.15, 0.2) is 16.6 Å². The predicted octanol–water partition coefficient (Wildman–Crippen LogP) is 3.22. The van der Waals surface area contributed by atoms with E-state index in [0.29, 0.717) is 0 Å². The molecule has 0 unspecified atom stereocenters. The van der Waals surface area contributed by atoms with Gasteiger partial charge in [-0.05, 0) is 12.1 Å². The number of aromatic nitrogens is 1. The zero-order valence-electron chi connectivity index (χ0n) is 9.54. The molecule has 2 rings (SSSR count). The van der Waals surface area contributed by atoms with Gasteiger partial charge in [0.2, 0.25) is 0 Å². The van der Waals surface area contributed by atoms with Gasteiger partial charge in [0.1, 0.15) is 21.6 Å². The first kappa shape index (κ1) is 13.9. The topological polar surface area (TPSA) is 65.2 Å². The number of ether oxygens (including phenoxy) is 1. The quantitative estimate of drug-likeness (QED) is 0.846. The minimum Gasteiger partial charge on any atom is -0.464 e. The van der Waals surface area contributed by atoms with Crippen LogP contribution in [-0.2, 0) is 4.74 Å². The summed E-state index contributed by atoms with van der Waals surface area (Å²) in [4.78, 5) is 15.2. The first-order chi connectivity index (χ1) is 8.93. The van der Waals surface area contributed by atoms with E-state index in [-0.39, 0.29) is 25.7 Å². The highest BCUT2D eigenvalue weighted by molar-refractivity contribution is 9.10. The van der Waals surface area contributed by atoms with Gasteiger partial charge in [0, 0.05) is 4.47 Å². The fourth-order valence-corrected chi connectivity index (χ4v) is 2.70. The van der Waals surface area contributed by atoms with E-state index in [2.05, 4.69) is 25.7 Å². The SMILES string of the molecule is COC(=O)c1nc(-c2c(F)cc(Br)cc2F)sc1N. The molecule has 8 heteroatoms. The molecule has 2 N–H and O–H groups in total. The molecule has 0 spiro atoms. The number of esters is 1. The second kappa shape index (κ2) is 5.22. The number of carbonyl (C=O) groups is 1. The molecule has 0 saturated heterocycles. The summed E-state index contributed by atoms with van der Waals surface area (Å²) < 4.78 is 32.3. The lowest BCUT2D eigenvalue weighted by molar-refractivity contribution is 0.0596. The van der Waals surface area contributed by atoms with Crippen molar-refractivity contribution in [2.45, 2.75) is 0 Å². The Morgan fingerprint density at radius 1 is 1.42 bits per heavy atom. The number of rotatable bonds is 2. The Balaban J connectivity index is 2.58. The third kappa shape index (κ3) is 2.59. The predicted molar refractivity (Wildman–Crippen MR) is 70.9 cm³/mol. The highest BCUT2D eigenvalue weighted by Crippen LogP contribution is 2.34. The first-order valence-electron chi connectivity index (χ1n) is 4.93. The van der Waals surface area contributed by atoms with Crippen molar-refractivity contribution in [2.75, 3.05) is 12.8 Å². The molecule has 0 radical (unpaired) electrons. The Morgan fingerprint density at radius 3 is 2.53 bits per heavy atom. The summed E-state index contributed by atoms with van der Waals surface area (Å²) in [7, 11) is 1.17. The van der Waals surface area contributed by atoms with Crippen molar-refractivity contribution in [3.05, 3.63) is 33.9 Å². The molecule has 1 heterocycles. The highest BCUT2D eigenvalue weighted by Gasteiger charge is 2.22. The minimum atomic E-state index is -0.794. The van der Waals surface area contributed by atoms with Crippen molar-refractivity contribution in [1.29, 1.82) is 0 Å². The van der Waals surface area contributed by atoms with Gasteiger partial charge in [0.05, 0.1) is 12.7 Å². The van der Waals surface area contributed by atoms with Crippen LogP contribution in [0.3, 0.4) is 0 Å². The maximum atomic E-state index is 13.8. The van der Waals surface area contributed by atoms with E-state index < -0.39 is 17.6 Å². The highest BCUT2D eigenvalue weighted by atomic mass is 79.9. The maximum Gasteiger partial charge on any atom is 0.359 e. The number of halogens is 3. The van der Waals surface area contributed by atoms with Crippen molar-refractivity contribution in [2.24, 2.45) is 0 Å². The van der Waals surface area contributed by atoms with Crippen LogP contribution in [0, 0.1) is 11.6 Å². The summed E-state index contributed by atoms with van der Waals surface area (Å²) in [6, 6.07) is 2.21. The molecule has 0 bridgehead atoms. The number of anilines is 1. The van der Waals surface area contributed by atoms with E-state index >= 15 is 0 Å². The van der Waals surface area contributed by atoms with Crippen LogP contribution in [0.25, 0.3) is 10.6 Å². The van der Waals surface area contributed by atoms with E-state index in [1.165, 1.54) is 7.11 Å². The van der Waals surface area contributed by atoms with Gasteiger partial charge in [-0.15, -0.1) is 0 Å².